The third kappa shape index (κ3) is 4.20. The number of rotatable bonds is 5. The minimum absolute atomic E-state index is 0.0158. The molecule has 0 unspecified atom stereocenters. The normalized spacial score (nSPS) is 16.6. The molecule has 144 valence electrons. The van der Waals surface area contributed by atoms with Gasteiger partial charge in [0.25, 0.3) is 0 Å². The number of nitrogens with zero attached hydrogens (tertiary/aromatic N) is 1. The number of esters is 1. The number of hydrogen-bond acceptors (Lipinski definition) is 7. The van der Waals surface area contributed by atoms with Gasteiger partial charge in [0, 0.05) is 0 Å². The van der Waals surface area contributed by atoms with E-state index in [9.17, 15) is 15.0 Å². The molecule has 0 fully saturated rings. The van der Waals surface area contributed by atoms with E-state index in [1.54, 1.807) is 37.3 Å². The Hall–Kier alpha value is -3.19. The second-order valence-electron chi connectivity index (χ2n) is 5.74. The molecule has 28 heavy (non-hydrogen) atoms. The Morgan fingerprint density at radius 2 is 1.93 bits per heavy atom. The predicted molar refractivity (Wildman–Crippen MR) is 110 cm³/mol. The van der Waals surface area contributed by atoms with Gasteiger partial charge in [-0.3, -0.25) is 0 Å². The number of aliphatic hydroxyl groups is 1. The van der Waals surface area contributed by atoms with Crippen molar-refractivity contribution in [1.82, 2.24) is 0 Å². The summed E-state index contributed by atoms with van der Waals surface area (Å²) < 4.78 is 10.2. The molecule has 2 N–H and O–H groups in total. The molecule has 0 saturated heterocycles. The molecule has 3 rings (SSSR count). The van der Waals surface area contributed by atoms with Crippen molar-refractivity contribution in [2.45, 2.75) is 6.92 Å². The first-order chi connectivity index (χ1) is 13.5. The van der Waals surface area contributed by atoms with Crippen LogP contribution in [0.25, 0.3) is 6.08 Å². The van der Waals surface area contributed by atoms with Crippen LogP contribution in [0.5, 0.6) is 11.5 Å². The van der Waals surface area contributed by atoms with Gasteiger partial charge in [0.05, 0.1) is 24.3 Å². The van der Waals surface area contributed by atoms with E-state index in [1.165, 1.54) is 24.9 Å². The summed E-state index contributed by atoms with van der Waals surface area (Å²) in [4.78, 5) is 17.3. The second-order valence-corrected chi connectivity index (χ2v) is 6.77. The van der Waals surface area contributed by atoms with Crippen molar-refractivity contribution in [2.75, 3.05) is 13.7 Å². The van der Waals surface area contributed by atoms with E-state index in [0.29, 0.717) is 26.9 Å². The highest BCUT2D eigenvalue weighted by Crippen LogP contribution is 2.40. The Balaban J connectivity index is 2.04. The number of hydrogen-bond donors (Lipinski definition) is 2. The molecule has 6 nitrogen and oxygen atoms in total. The number of carbonyl (C=O) groups is 1. The second kappa shape index (κ2) is 8.67. The Labute approximate surface area is 166 Å². The summed E-state index contributed by atoms with van der Waals surface area (Å²) in [6, 6.07) is 14.0. The highest BCUT2D eigenvalue weighted by molar-refractivity contribution is 8.18. The van der Waals surface area contributed by atoms with Gasteiger partial charge >= 0.3 is 5.97 Å². The minimum Gasteiger partial charge on any atom is -0.506 e. The molecular formula is C21H19NO5S. The van der Waals surface area contributed by atoms with Crippen LogP contribution in [-0.4, -0.2) is 34.9 Å². The van der Waals surface area contributed by atoms with E-state index in [0.717, 1.165) is 0 Å². The van der Waals surface area contributed by atoms with Crippen LogP contribution in [0.2, 0.25) is 0 Å². The van der Waals surface area contributed by atoms with Gasteiger partial charge in [-0.25, -0.2) is 9.79 Å². The fourth-order valence-corrected chi connectivity index (χ4v) is 3.58. The number of benzene rings is 2. The first-order valence-corrected chi connectivity index (χ1v) is 9.36. The van der Waals surface area contributed by atoms with E-state index in [4.69, 9.17) is 9.47 Å². The number of aromatic hydroxyl groups is 1. The molecule has 7 heteroatoms. The average molecular weight is 397 g/mol. The van der Waals surface area contributed by atoms with Gasteiger partial charge in [-0.1, -0.05) is 36.0 Å². The molecule has 2 aromatic rings. The summed E-state index contributed by atoms with van der Waals surface area (Å²) >= 11 is 1.17. The molecule has 0 amide bonds. The van der Waals surface area contributed by atoms with Crippen molar-refractivity contribution in [3.8, 4) is 11.5 Å². The van der Waals surface area contributed by atoms with Crippen LogP contribution in [0.1, 0.15) is 12.5 Å². The van der Waals surface area contributed by atoms with E-state index >= 15 is 0 Å². The summed E-state index contributed by atoms with van der Waals surface area (Å²) in [5, 5.41) is 20.8. The van der Waals surface area contributed by atoms with Crippen molar-refractivity contribution in [3.05, 3.63) is 70.3 Å². The van der Waals surface area contributed by atoms with E-state index in [1.807, 2.05) is 18.2 Å². The summed E-state index contributed by atoms with van der Waals surface area (Å²) in [5.74, 6) is -0.495. The zero-order valence-corrected chi connectivity index (χ0v) is 16.2. The molecule has 0 saturated carbocycles. The number of methoxy groups -OCH3 is 1. The Bertz CT molecular complexity index is 980. The summed E-state index contributed by atoms with van der Waals surface area (Å²) in [6.07, 6.45) is 1.69. The van der Waals surface area contributed by atoms with Crippen molar-refractivity contribution in [2.24, 2.45) is 4.99 Å². The quantitative estimate of drug-likeness (QED) is 0.717. The fraction of sp³-hybridized carbons (Fsp3) is 0.143. The van der Waals surface area contributed by atoms with Crippen LogP contribution < -0.4 is 4.74 Å². The highest BCUT2D eigenvalue weighted by atomic mass is 32.2. The third-order valence-corrected chi connectivity index (χ3v) is 4.88. The monoisotopic (exact) mass is 397 g/mol. The summed E-state index contributed by atoms with van der Waals surface area (Å²) in [7, 11) is 1.46. The maximum absolute atomic E-state index is 12.4. The average Bonchev–Trinajstić information content (AvgIpc) is 2.99. The van der Waals surface area contributed by atoms with Gasteiger partial charge in [0.15, 0.2) is 11.5 Å². The molecule has 1 aliphatic rings. The lowest BCUT2D eigenvalue weighted by Gasteiger charge is -2.04. The number of para-hydroxylation sites is 1. The topological polar surface area (TPSA) is 88.4 Å². The number of phenolic OH excluding ortho intramolecular Hbond substituents is 1. The number of thioether (sulfide) groups is 1. The summed E-state index contributed by atoms with van der Waals surface area (Å²) in [5.41, 5.74) is 1.38. The molecule has 0 spiro atoms. The lowest BCUT2D eigenvalue weighted by atomic mass is 10.1. The standard InChI is InChI=1S/C21H19NO5S/c1-3-27-21(25)18-19(24)17(12-13-9-10-15(23)16(11-13)26-2)28-20(18)22-14-7-5-4-6-8-14/h4-12,23-24H,3H2,1-2H3/b17-12-,22-20?. The number of aliphatic hydroxyl groups excluding tert-OH is 1. The Morgan fingerprint density at radius 3 is 2.61 bits per heavy atom. The van der Waals surface area contributed by atoms with Crippen molar-refractivity contribution >= 4 is 34.5 Å². The van der Waals surface area contributed by atoms with Crippen molar-refractivity contribution in [3.63, 3.8) is 0 Å². The molecule has 2 aromatic carbocycles. The molecule has 1 aliphatic heterocycles. The predicted octanol–water partition coefficient (Wildman–Crippen LogP) is 4.59. The minimum atomic E-state index is -0.631. The smallest absolute Gasteiger partial charge is 0.344 e. The van der Waals surface area contributed by atoms with Crippen LogP contribution in [0.3, 0.4) is 0 Å². The maximum Gasteiger partial charge on any atom is 0.344 e. The SMILES string of the molecule is CCOC(=O)C1=C(O)/C(=C/c2ccc(O)c(OC)c2)SC1=Nc1ccccc1. The Morgan fingerprint density at radius 1 is 1.18 bits per heavy atom. The lowest BCUT2D eigenvalue weighted by Crippen LogP contribution is -2.12. The molecule has 0 aliphatic carbocycles. The molecule has 0 radical (unpaired) electrons. The van der Waals surface area contributed by atoms with Crippen molar-refractivity contribution in [1.29, 1.82) is 0 Å². The van der Waals surface area contributed by atoms with Gasteiger partial charge in [-0.05, 0) is 42.8 Å². The van der Waals surface area contributed by atoms with E-state index < -0.39 is 5.97 Å². The Kier molecular flexibility index (Phi) is 6.06. The maximum atomic E-state index is 12.4. The largest absolute Gasteiger partial charge is 0.506 e. The van der Waals surface area contributed by atoms with Crippen LogP contribution in [0, 0.1) is 0 Å². The molecular weight excluding hydrogens is 378 g/mol. The van der Waals surface area contributed by atoms with Gasteiger partial charge in [0.2, 0.25) is 0 Å². The van der Waals surface area contributed by atoms with Gasteiger partial charge in [-0.15, -0.1) is 0 Å². The molecule has 0 bridgehead atoms. The first-order valence-electron chi connectivity index (χ1n) is 8.55. The third-order valence-electron chi connectivity index (χ3n) is 3.86. The molecule has 1 heterocycles. The van der Waals surface area contributed by atoms with Gasteiger partial charge in [-0.2, -0.15) is 0 Å². The van der Waals surface area contributed by atoms with E-state index in [2.05, 4.69) is 4.99 Å². The fourth-order valence-electron chi connectivity index (χ4n) is 2.55. The first kappa shape index (κ1) is 19.6. The zero-order chi connectivity index (χ0) is 20.1. The van der Waals surface area contributed by atoms with Crippen LogP contribution in [0.4, 0.5) is 5.69 Å². The number of carbonyl (C=O) groups excluding carboxylic acids is 1. The number of ether oxygens (including phenoxy) is 2. The number of aliphatic imine (C=N–C) groups is 1. The van der Waals surface area contributed by atoms with Gasteiger partial charge < -0.3 is 19.7 Å². The van der Waals surface area contributed by atoms with Crippen LogP contribution in [-0.2, 0) is 9.53 Å². The number of phenols is 1. The van der Waals surface area contributed by atoms with E-state index in [-0.39, 0.29) is 23.7 Å². The highest BCUT2D eigenvalue weighted by Gasteiger charge is 2.33. The van der Waals surface area contributed by atoms with Gasteiger partial charge in [0.1, 0.15) is 16.4 Å². The molecule has 0 atom stereocenters. The van der Waals surface area contributed by atoms with Crippen molar-refractivity contribution < 1.29 is 24.5 Å². The zero-order valence-electron chi connectivity index (χ0n) is 15.4. The summed E-state index contributed by atoms with van der Waals surface area (Å²) in [6.45, 7) is 1.89. The lowest BCUT2D eigenvalue weighted by molar-refractivity contribution is -0.138. The molecule has 0 aromatic heterocycles. The van der Waals surface area contributed by atoms with Crippen LogP contribution in [0.15, 0.2) is 69.8 Å². The van der Waals surface area contributed by atoms with Crippen LogP contribution >= 0.6 is 11.8 Å².